The summed E-state index contributed by atoms with van der Waals surface area (Å²) in [6, 6.07) is 6.05. The van der Waals surface area contributed by atoms with Crippen molar-refractivity contribution in [3.8, 4) is 0 Å². The van der Waals surface area contributed by atoms with Crippen molar-refractivity contribution in [1.82, 2.24) is 4.98 Å². The number of hydrogen-bond donors (Lipinski definition) is 0. The average molecular weight is 199 g/mol. The molecule has 2 rings (SSSR count). The minimum absolute atomic E-state index is 0.622. The molecule has 0 radical (unpaired) electrons. The maximum absolute atomic E-state index is 4.37. The van der Waals surface area contributed by atoms with Gasteiger partial charge in [0.15, 0.2) is 0 Å². The summed E-state index contributed by atoms with van der Waals surface area (Å²) in [4.78, 5) is 4.37. The highest BCUT2D eigenvalue weighted by atomic mass is 14.7. The van der Waals surface area contributed by atoms with E-state index < -0.39 is 0 Å². The fourth-order valence-corrected chi connectivity index (χ4v) is 2.08. The lowest BCUT2D eigenvalue weighted by Crippen LogP contribution is -2.09. The normalized spacial score (nSPS) is 25.1. The molecule has 78 valence electrons. The van der Waals surface area contributed by atoms with Crippen LogP contribution in [0.15, 0.2) is 42.6 Å². The smallest absolute Gasteiger partial charge is 0.0698 e. The Balaban J connectivity index is 2.24. The molecular formula is C14H17N. The second-order valence-electron chi connectivity index (χ2n) is 4.13. The second kappa shape index (κ2) is 4.43. The van der Waals surface area contributed by atoms with Gasteiger partial charge < -0.3 is 0 Å². The fourth-order valence-electron chi connectivity index (χ4n) is 2.08. The first kappa shape index (κ1) is 10.2. The molecule has 0 N–H and O–H groups in total. The summed E-state index contributed by atoms with van der Waals surface area (Å²) in [5.74, 6) is 1.31. The molecule has 1 nitrogen and oxygen atoms in total. The van der Waals surface area contributed by atoms with E-state index in [1.807, 2.05) is 18.3 Å². The van der Waals surface area contributed by atoms with E-state index in [0.29, 0.717) is 11.8 Å². The van der Waals surface area contributed by atoms with Gasteiger partial charge in [0.05, 0.1) is 5.69 Å². The van der Waals surface area contributed by atoms with Crippen molar-refractivity contribution in [2.75, 3.05) is 0 Å². The van der Waals surface area contributed by atoms with E-state index in [1.165, 1.54) is 12.0 Å². The van der Waals surface area contributed by atoms with Crippen LogP contribution in [0.2, 0.25) is 0 Å². The lowest BCUT2D eigenvalue weighted by Gasteiger charge is -2.21. The molecule has 1 aliphatic rings. The zero-order valence-electron chi connectivity index (χ0n) is 9.35. The molecule has 1 heteroatoms. The van der Waals surface area contributed by atoms with Crippen LogP contribution in [0.1, 0.15) is 26.0 Å². The average Bonchev–Trinajstić information content (AvgIpc) is 2.30. The first-order valence-electron chi connectivity index (χ1n) is 5.62. The third-order valence-electron chi connectivity index (χ3n) is 3.07. The van der Waals surface area contributed by atoms with Crippen LogP contribution in [0.25, 0.3) is 5.57 Å². The van der Waals surface area contributed by atoms with E-state index in [9.17, 15) is 0 Å². The number of pyridine rings is 1. The SMILES string of the molecule is CCC1C=CC(c2ccccn2)=CC1C. The van der Waals surface area contributed by atoms with Gasteiger partial charge in [0.1, 0.15) is 0 Å². The van der Waals surface area contributed by atoms with Crippen LogP contribution < -0.4 is 0 Å². The Kier molecular flexibility index (Phi) is 3.00. The Morgan fingerprint density at radius 3 is 2.80 bits per heavy atom. The summed E-state index contributed by atoms with van der Waals surface area (Å²) < 4.78 is 0. The van der Waals surface area contributed by atoms with Crippen LogP contribution in [0.3, 0.4) is 0 Å². The maximum Gasteiger partial charge on any atom is 0.0698 e. The summed E-state index contributed by atoms with van der Waals surface area (Å²) in [5, 5.41) is 0. The molecule has 1 aliphatic carbocycles. The Bertz CT molecular complexity index is 376. The minimum Gasteiger partial charge on any atom is -0.256 e. The topological polar surface area (TPSA) is 12.9 Å². The first-order chi connectivity index (χ1) is 7.31. The van der Waals surface area contributed by atoms with Crippen LogP contribution in [0, 0.1) is 11.8 Å². The highest BCUT2D eigenvalue weighted by Gasteiger charge is 2.15. The van der Waals surface area contributed by atoms with E-state index in [0.717, 1.165) is 5.69 Å². The summed E-state index contributed by atoms with van der Waals surface area (Å²) >= 11 is 0. The summed E-state index contributed by atoms with van der Waals surface area (Å²) in [6.07, 6.45) is 9.91. The third kappa shape index (κ3) is 2.17. The Labute approximate surface area is 91.6 Å². The lowest BCUT2D eigenvalue weighted by molar-refractivity contribution is 0.493. The quantitative estimate of drug-likeness (QED) is 0.707. The third-order valence-corrected chi connectivity index (χ3v) is 3.07. The van der Waals surface area contributed by atoms with Crippen LogP contribution in [-0.2, 0) is 0 Å². The van der Waals surface area contributed by atoms with E-state index in [-0.39, 0.29) is 0 Å². The highest BCUT2D eigenvalue weighted by molar-refractivity contribution is 5.72. The molecule has 0 fully saturated rings. The number of hydrogen-bond acceptors (Lipinski definition) is 1. The molecule has 15 heavy (non-hydrogen) atoms. The first-order valence-corrected chi connectivity index (χ1v) is 5.62. The van der Waals surface area contributed by atoms with Crippen LogP contribution in [0.5, 0.6) is 0 Å². The highest BCUT2D eigenvalue weighted by Crippen LogP contribution is 2.28. The van der Waals surface area contributed by atoms with Crippen molar-refractivity contribution >= 4 is 5.57 Å². The van der Waals surface area contributed by atoms with Crippen molar-refractivity contribution in [3.05, 3.63) is 48.3 Å². The predicted octanol–water partition coefficient (Wildman–Crippen LogP) is 3.70. The minimum atomic E-state index is 0.622. The van der Waals surface area contributed by atoms with Gasteiger partial charge in [-0.15, -0.1) is 0 Å². The molecule has 0 aromatic carbocycles. The number of rotatable bonds is 2. The largest absolute Gasteiger partial charge is 0.256 e. The molecule has 2 atom stereocenters. The van der Waals surface area contributed by atoms with Crippen LogP contribution >= 0.6 is 0 Å². The van der Waals surface area contributed by atoms with Gasteiger partial charge in [0, 0.05) is 6.20 Å². The number of aromatic nitrogens is 1. The number of allylic oxidation sites excluding steroid dienone is 4. The molecule has 1 aromatic heterocycles. The summed E-state index contributed by atoms with van der Waals surface area (Å²) in [7, 11) is 0. The van der Waals surface area contributed by atoms with Crippen molar-refractivity contribution in [2.45, 2.75) is 20.3 Å². The Morgan fingerprint density at radius 2 is 2.20 bits per heavy atom. The molecule has 0 aliphatic heterocycles. The molecule has 1 aromatic rings. The van der Waals surface area contributed by atoms with Gasteiger partial charge >= 0.3 is 0 Å². The molecule has 0 amide bonds. The van der Waals surface area contributed by atoms with Gasteiger partial charge in [-0.25, -0.2) is 0 Å². The van der Waals surface area contributed by atoms with Crippen LogP contribution in [0.4, 0.5) is 0 Å². The van der Waals surface area contributed by atoms with Crippen molar-refractivity contribution in [2.24, 2.45) is 11.8 Å². The van der Waals surface area contributed by atoms with Gasteiger partial charge in [0.2, 0.25) is 0 Å². The van der Waals surface area contributed by atoms with Gasteiger partial charge in [-0.05, 0) is 36.0 Å². The van der Waals surface area contributed by atoms with E-state index in [1.54, 1.807) is 0 Å². The van der Waals surface area contributed by atoms with E-state index in [2.05, 4.69) is 43.1 Å². The Morgan fingerprint density at radius 1 is 1.33 bits per heavy atom. The van der Waals surface area contributed by atoms with Crippen LogP contribution in [-0.4, -0.2) is 4.98 Å². The van der Waals surface area contributed by atoms with Crippen molar-refractivity contribution in [1.29, 1.82) is 0 Å². The molecule has 0 saturated heterocycles. The summed E-state index contributed by atoms with van der Waals surface area (Å²) in [6.45, 7) is 4.52. The second-order valence-corrected chi connectivity index (χ2v) is 4.13. The zero-order chi connectivity index (χ0) is 10.7. The molecule has 2 unspecified atom stereocenters. The maximum atomic E-state index is 4.37. The van der Waals surface area contributed by atoms with Crippen molar-refractivity contribution in [3.63, 3.8) is 0 Å². The monoisotopic (exact) mass is 199 g/mol. The standard InChI is InChI=1S/C14H17N/c1-3-12-7-8-13(10-11(12)2)14-6-4-5-9-15-14/h4-12H,3H2,1-2H3. The molecule has 1 heterocycles. The van der Waals surface area contributed by atoms with Crippen molar-refractivity contribution < 1.29 is 0 Å². The van der Waals surface area contributed by atoms with Gasteiger partial charge in [-0.1, -0.05) is 38.1 Å². The Hall–Kier alpha value is -1.37. The summed E-state index contributed by atoms with van der Waals surface area (Å²) in [5.41, 5.74) is 2.34. The van der Waals surface area contributed by atoms with E-state index in [4.69, 9.17) is 0 Å². The van der Waals surface area contributed by atoms with Gasteiger partial charge in [-0.2, -0.15) is 0 Å². The molecule has 0 bridgehead atoms. The number of nitrogens with zero attached hydrogens (tertiary/aromatic N) is 1. The van der Waals surface area contributed by atoms with Gasteiger partial charge in [0.25, 0.3) is 0 Å². The molecule has 0 spiro atoms. The predicted molar refractivity (Wildman–Crippen MR) is 64.3 cm³/mol. The van der Waals surface area contributed by atoms with Gasteiger partial charge in [-0.3, -0.25) is 4.98 Å². The van der Waals surface area contributed by atoms with E-state index >= 15 is 0 Å². The fraction of sp³-hybridized carbons (Fsp3) is 0.357. The molecular weight excluding hydrogens is 182 g/mol. The zero-order valence-corrected chi connectivity index (χ0v) is 9.35. The lowest BCUT2D eigenvalue weighted by atomic mass is 9.85. The molecule has 0 saturated carbocycles.